The number of sulfonamides is 1. The second-order valence-corrected chi connectivity index (χ2v) is 8.70. The first kappa shape index (κ1) is 16.3. The van der Waals surface area contributed by atoms with E-state index in [0.717, 1.165) is 23.6 Å². The highest BCUT2D eigenvalue weighted by Gasteiger charge is 2.32. The van der Waals surface area contributed by atoms with E-state index in [-0.39, 0.29) is 6.04 Å². The zero-order chi connectivity index (χ0) is 14.8. The number of nitrogens with zero attached hydrogens (tertiary/aromatic N) is 1. The van der Waals surface area contributed by atoms with E-state index < -0.39 is 10.0 Å². The largest absolute Gasteiger partial charge is 0.316 e. The highest BCUT2D eigenvalue weighted by atomic mass is 79.9. The molecule has 1 aliphatic heterocycles. The van der Waals surface area contributed by atoms with E-state index in [1.54, 1.807) is 22.1 Å². The van der Waals surface area contributed by atoms with Gasteiger partial charge in [-0.15, -0.1) is 0 Å². The average molecular weight is 379 g/mol. The van der Waals surface area contributed by atoms with Gasteiger partial charge in [0, 0.05) is 35.1 Å². The van der Waals surface area contributed by atoms with Crippen LogP contribution in [-0.2, 0) is 16.6 Å². The number of halogens is 1. The van der Waals surface area contributed by atoms with Crippen LogP contribution >= 0.6 is 27.7 Å². The fourth-order valence-electron chi connectivity index (χ4n) is 2.26. The molecule has 0 spiro atoms. The van der Waals surface area contributed by atoms with Crippen LogP contribution in [0.4, 0.5) is 0 Å². The Kier molecular flexibility index (Phi) is 5.53. The summed E-state index contributed by atoms with van der Waals surface area (Å²) in [5.74, 6) is 1.72. The Bertz CT molecular complexity index is 578. The first-order valence-electron chi connectivity index (χ1n) is 6.49. The fourth-order valence-corrected chi connectivity index (χ4v) is 6.20. The summed E-state index contributed by atoms with van der Waals surface area (Å²) >= 11 is 5.21. The molecular weight excluding hydrogens is 360 g/mol. The Morgan fingerprint density at radius 1 is 1.50 bits per heavy atom. The maximum absolute atomic E-state index is 12.8. The molecule has 1 fully saturated rings. The Labute approximate surface area is 133 Å². The van der Waals surface area contributed by atoms with Gasteiger partial charge in [-0.05, 0) is 47.6 Å². The Hall–Kier alpha value is -0.0800. The van der Waals surface area contributed by atoms with Gasteiger partial charge in [0.25, 0.3) is 0 Å². The topological polar surface area (TPSA) is 49.4 Å². The van der Waals surface area contributed by atoms with E-state index in [2.05, 4.69) is 21.2 Å². The van der Waals surface area contributed by atoms with Crippen LogP contribution in [0.3, 0.4) is 0 Å². The van der Waals surface area contributed by atoms with Gasteiger partial charge >= 0.3 is 0 Å². The zero-order valence-electron chi connectivity index (χ0n) is 11.6. The van der Waals surface area contributed by atoms with Crippen molar-refractivity contribution in [3.05, 3.63) is 28.2 Å². The summed E-state index contributed by atoms with van der Waals surface area (Å²) in [5.41, 5.74) is 1.06. The van der Waals surface area contributed by atoms with Gasteiger partial charge in [-0.1, -0.05) is 6.07 Å². The van der Waals surface area contributed by atoms with Crippen LogP contribution in [0.2, 0.25) is 0 Å². The van der Waals surface area contributed by atoms with Gasteiger partial charge in [-0.3, -0.25) is 0 Å². The molecule has 1 N–H and O–H groups in total. The van der Waals surface area contributed by atoms with Crippen molar-refractivity contribution >= 4 is 37.7 Å². The number of hydrogen-bond acceptors (Lipinski definition) is 4. The first-order valence-corrected chi connectivity index (χ1v) is 9.88. The molecule has 0 saturated carbocycles. The molecule has 1 aliphatic rings. The third kappa shape index (κ3) is 3.39. The van der Waals surface area contributed by atoms with Crippen LogP contribution in [0.25, 0.3) is 0 Å². The van der Waals surface area contributed by atoms with Crippen LogP contribution in [0.5, 0.6) is 0 Å². The summed E-state index contributed by atoms with van der Waals surface area (Å²) in [6.07, 6.45) is 0. The summed E-state index contributed by atoms with van der Waals surface area (Å²) in [5, 5.41) is 3.06. The van der Waals surface area contributed by atoms with E-state index in [9.17, 15) is 8.42 Å². The number of thioether (sulfide) groups is 1. The Morgan fingerprint density at radius 2 is 2.25 bits per heavy atom. The molecule has 4 nitrogen and oxygen atoms in total. The molecule has 0 bridgehead atoms. The minimum Gasteiger partial charge on any atom is -0.316 e. The van der Waals surface area contributed by atoms with Crippen molar-refractivity contribution < 1.29 is 8.42 Å². The summed E-state index contributed by atoms with van der Waals surface area (Å²) in [6, 6.07) is 5.47. The van der Waals surface area contributed by atoms with Crippen LogP contribution in [-0.4, -0.2) is 43.9 Å². The average Bonchev–Trinajstić information content (AvgIpc) is 2.39. The third-order valence-corrected chi connectivity index (χ3v) is 7.45. The van der Waals surface area contributed by atoms with Gasteiger partial charge in [-0.25, -0.2) is 8.42 Å². The van der Waals surface area contributed by atoms with Gasteiger partial charge in [0.2, 0.25) is 10.0 Å². The van der Waals surface area contributed by atoms with Crippen LogP contribution in [0.1, 0.15) is 12.5 Å². The maximum Gasteiger partial charge on any atom is 0.244 e. The van der Waals surface area contributed by atoms with E-state index in [1.165, 1.54) is 0 Å². The molecule has 1 saturated heterocycles. The normalized spacial score (nSPS) is 21.1. The summed E-state index contributed by atoms with van der Waals surface area (Å²) < 4.78 is 27.8. The molecular formula is C13H19BrN2O2S2. The standard InChI is InChI=1S/C13H19BrN2O2S2/c1-10-9-19-6-5-16(10)20(17,18)13-4-3-11(8-15-2)7-12(13)14/h3-4,7,10,15H,5-6,8-9H2,1-2H3. The second-order valence-electron chi connectivity index (χ2n) is 4.83. The lowest BCUT2D eigenvalue weighted by Gasteiger charge is -2.32. The lowest BCUT2D eigenvalue weighted by molar-refractivity contribution is 0.367. The Morgan fingerprint density at radius 3 is 2.85 bits per heavy atom. The van der Waals surface area contributed by atoms with Gasteiger partial charge < -0.3 is 5.32 Å². The summed E-state index contributed by atoms with van der Waals surface area (Å²) in [7, 11) is -1.55. The van der Waals surface area contributed by atoms with Crippen molar-refractivity contribution in [2.75, 3.05) is 25.1 Å². The highest BCUT2D eigenvalue weighted by Crippen LogP contribution is 2.29. The molecule has 112 valence electrons. The number of nitrogens with one attached hydrogen (secondary N) is 1. The van der Waals surface area contributed by atoms with Crippen LogP contribution in [0.15, 0.2) is 27.6 Å². The van der Waals surface area contributed by atoms with E-state index in [4.69, 9.17) is 0 Å². The van der Waals surface area contributed by atoms with Crippen molar-refractivity contribution in [1.29, 1.82) is 0 Å². The zero-order valence-corrected chi connectivity index (χ0v) is 14.8. The minimum absolute atomic E-state index is 0.0441. The van der Waals surface area contributed by atoms with E-state index in [0.29, 0.717) is 15.9 Å². The van der Waals surface area contributed by atoms with E-state index >= 15 is 0 Å². The number of benzene rings is 1. The first-order chi connectivity index (χ1) is 9.46. The van der Waals surface area contributed by atoms with Crippen molar-refractivity contribution in [3.63, 3.8) is 0 Å². The molecule has 1 unspecified atom stereocenters. The molecule has 20 heavy (non-hydrogen) atoms. The number of hydrogen-bond donors (Lipinski definition) is 1. The minimum atomic E-state index is -3.42. The van der Waals surface area contributed by atoms with Crippen molar-refractivity contribution in [2.45, 2.75) is 24.4 Å². The summed E-state index contributed by atoms with van der Waals surface area (Å²) in [4.78, 5) is 0.358. The Balaban J connectivity index is 2.34. The highest BCUT2D eigenvalue weighted by molar-refractivity contribution is 9.10. The van der Waals surface area contributed by atoms with Crippen molar-refractivity contribution in [3.8, 4) is 0 Å². The molecule has 7 heteroatoms. The van der Waals surface area contributed by atoms with Gasteiger partial charge in [0.05, 0.1) is 4.90 Å². The predicted octanol–water partition coefficient (Wildman–Crippen LogP) is 2.29. The lowest BCUT2D eigenvalue weighted by Crippen LogP contribution is -2.44. The van der Waals surface area contributed by atoms with Crippen LogP contribution in [0, 0.1) is 0 Å². The summed E-state index contributed by atoms with van der Waals surface area (Å²) in [6.45, 7) is 3.27. The second kappa shape index (κ2) is 6.79. The predicted molar refractivity (Wildman–Crippen MR) is 87.6 cm³/mol. The van der Waals surface area contributed by atoms with Crippen molar-refractivity contribution in [1.82, 2.24) is 9.62 Å². The molecule has 0 aliphatic carbocycles. The molecule has 0 amide bonds. The molecule has 2 rings (SSSR count). The molecule has 0 radical (unpaired) electrons. The third-order valence-electron chi connectivity index (χ3n) is 3.27. The quantitative estimate of drug-likeness (QED) is 0.872. The molecule has 1 aromatic rings. The van der Waals surface area contributed by atoms with E-state index in [1.807, 2.05) is 26.1 Å². The SMILES string of the molecule is CNCc1ccc(S(=O)(=O)N2CCSCC2C)c(Br)c1. The van der Waals surface area contributed by atoms with Crippen LogP contribution < -0.4 is 5.32 Å². The molecule has 1 heterocycles. The monoisotopic (exact) mass is 378 g/mol. The van der Waals surface area contributed by atoms with Gasteiger partial charge in [0.1, 0.15) is 0 Å². The maximum atomic E-state index is 12.8. The molecule has 1 atom stereocenters. The smallest absolute Gasteiger partial charge is 0.244 e. The molecule has 0 aromatic heterocycles. The van der Waals surface area contributed by atoms with Gasteiger partial charge in [0.15, 0.2) is 0 Å². The fraction of sp³-hybridized carbons (Fsp3) is 0.538. The van der Waals surface area contributed by atoms with Gasteiger partial charge in [-0.2, -0.15) is 16.1 Å². The molecule has 1 aromatic carbocycles. The number of rotatable bonds is 4. The van der Waals surface area contributed by atoms with Crippen molar-refractivity contribution in [2.24, 2.45) is 0 Å². The lowest BCUT2D eigenvalue weighted by atomic mass is 10.2.